The zero-order valence-electron chi connectivity index (χ0n) is 18.3. The molecule has 2 aliphatic heterocycles. The third-order valence-corrected chi connectivity index (χ3v) is 7.63. The van der Waals surface area contributed by atoms with Crippen LogP contribution < -0.4 is 4.90 Å². The molecule has 7 nitrogen and oxygen atoms in total. The van der Waals surface area contributed by atoms with Gasteiger partial charge in [0.25, 0.3) is 0 Å². The van der Waals surface area contributed by atoms with Gasteiger partial charge in [0.05, 0.1) is 12.2 Å². The van der Waals surface area contributed by atoms with Crippen molar-refractivity contribution in [2.75, 3.05) is 18.0 Å². The van der Waals surface area contributed by atoms with Gasteiger partial charge in [-0.05, 0) is 48.7 Å². The topological polar surface area (TPSA) is 67.2 Å². The molecule has 3 aromatic rings. The first-order chi connectivity index (χ1) is 15.9. The van der Waals surface area contributed by atoms with Gasteiger partial charge in [0, 0.05) is 42.4 Å². The number of pyridine rings is 1. The van der Waals surface area contributed by atoms with E-state index in [2.05, 4.69) is 24.6 Å². The highest BCUT2D eigenvalue weighted by Crippen LogP contribution is 2.56. The number of benzene rings is 1. The molecule has 4 heterocycles. The van der Waals surface area contributed by atoms with Crippen LogP contribution in [0.4, 0.5) is 5.82 Å². The average molecular weight is 483 g/mol. The molecule has 1 saturated heterocycles. The molecule has 0 radical (unpaired) electrons. The van der Waals surface area contributed by atoms with Gasteiger partial charge in [-0.15, -0.1) is 10.2 Å². The monoisotopic (exact) mass is 482 g/mol. The smallest absolute Gasteiger partial charge is 0.222 e. The van der Waals surface area contributed by atoms with Gasteiger partial charge in [0.1, 0.15) is 16.8 Å². The van der Waals surface area contributed by atoms with E-state index >= 15 is 0 Å². The Morgan fingerprint density at radius 3 is 2.70 bits per heavy atom. The quantitative estimate of drug-likeness (QED) is 0.510. The van der Waals surface area contributed by atoms with Crippen LogP contribution in [0, 0.1) is 5.41 Å². The van der Waals surface area contributed by atoms with E-state index in [1.165, 1.54) is 0 Å². The summed E-state index contributed by atoms with van der Waals surface area (Å²) in [5.41, 5.74) is 2.36. The maximum absolute atomic E-state index is 12.6. The summed E-state index contributed by atoms with van der Waals surface area (Å²) in [6.45, 7) is 4.85. The van der Waals surface area contributed by atoms with Crippen LogP contribution in [0.25, 0.3) is 5.69 Å². The number of fused-ring (bicyclic) bond motifs is 3. The van der Waals surface area contributed by atoms with Crippen LogP contribution in [0.3, 0.4) is 0 Å². The van der Waals surface area contributed by atoms with Crippen LogP contribution in [0.15, 0.2) is 36.4 Å². The molecular weight excluding hydrogens is 459 g/mol. The molecule has 0 bridgehead atoms. The van der Waals surface area contributed by atoms with Crippen molar-refractivity contribution in [3.8, 4) is 5.69 Å². The fourth-order valence-electron chi connectivity index (χ4n) is 5.62. The Balaban J connectivity index is 1.25. The Hall–Kier alpha value is -2.64. The fourth-order valence-corrected chi connectivity index (χ4v) is 5.97. The lowest BCUT2D eigenvalue weighted by atomic mass is 9.57. The summed E-state index contributed by atoms with van der Waals surface area (Å²) < 4.78 is 2.17. The molecule has 1 amide bonds. The number of carbonyl (C=O) groups is 1. The molecule has 2 aromatic heterocycles. The summed E-state index contributed by atoms with van der Waals surface area (Å²) in [4.78, 5) is 21.1. The van der Waals surface area contributed by atoms with E-state index in [9.17, 15) is 4.79 Å². The Morgan fingerprint density at radius 2 is 1.94 bits per heavy atom. The van der Waals surface area contributed by atoms with E-state index in [-0.39, 0.29) is 5.91 Å². The third-order valence-electron chi connectivity index (χ3n) is 7.19. The highest BCUT2D eigenvalue weighted by atomic mass is 35.5. The highest BCUT2D eigenvalue weighted by molar-refractivity contribution is 6.30. The summed E-state index contributed by atoms with van der Waals surface area (Å²) in [5, 5.41) is 10.3. The van der Waals surface area contributed by atoms with Gasteiger partial charge in [-0.25, -0.2) is 4.98 Å². The molecule has 0 atom stereocenters. The molecule has 3 aliphatic rings. The number of hydrogen-bond acceptors (Lipinski definition) is 5. The van der Waals surface area contributed by atoms with E-state index in [0.29, 0.717) is 41.0 Å². The predicted molar refractivity (Wildman–Crippen MR) is 127 cm³/mol. The molecule has 0 N–H and O–H groups in total. The van der Waals surface area contributed by atoms with Crippen LogP contribution in [-0.4, -0.2) is 43.6 Å². The standard InChI is InChI=1S/C24H24Cl2N6O/c1-2-22(33)30-11-15-8-17(25)6-7-18(15)32-21(12-30)28-29-23(32)16-9-24(10-16)13-31(14-24)20-5-3-4-19(26)27-20/h3-8,16H,2,9-14H2,1H3. The molecule has 0 unspecified atom stereocenters. The largest absolute Gasteiger partial charge is 0.355 e. The summed E-state index contributed by atoms with van der Waals surface area (Å²) >= 11 is 12.4. The summed E-state index contributed by atoms with van der Waals surface area (Å²) in [7, 11) is 0. The number of amides is 1. The number of carbonyl (C=O) groups excluding carboxylic acids is 1. The highest BCUT2D eigenvalue weighted by Gasteiger charge is 2.54. The lowest BCUT2D eigenvalue weighted by Crippen LogP contribution is -2.62. The first-order valence-electron chi connectivity index (χ1n) is 11.3. The Morgan fingerprint density at radius 1 is 1.12 bits per heavy atom. The van der Waals surface area contributed by atoms with Crippen molar-refractivity contribution in [2.45, 2.75) is 45.2 Å². The zero-order chi connectivity index (χ0) is 22.7. The van der Waals surface area contributed by atoms with E-state index in [0.717, 1.165) is 54.6 Å². The normalized spacial score (nSPS) is 18.9. The summed E-state index contributed by atoms with van der Waals surface area (Å²) in [5.74, 6) is 3.19. The molecule has 33 heavy (non-hydrogen) atoms. The van der Waals surface area contributed by atoms with Crippen molar-refractivity contribution >= 4 is 34.9 Å². The molecule has 170 valence electrons. The number of aromatic nitrogens is 4. The molecule has 1 spiro atoms. The van der Waals surface area contributed by atoms with Crippen LogP contribution in [-0.2, 0) is 17.9 Å². The second-order valence-corrected chi connectivity index (χ2v) is 10.3. The lowest BCUT2D eigenvalue weighted by Gasteiger charge is -2.59. The van der Waals surface area contributed by atoms with Crippen molar-refractivity contribution in [1.82, 2.24) is 24.6 Å². The first-order valence-corrected chi connectivity index (χ1v) is 12.1. The van der Waals surface area contributed by atoms with Crippen LogP contribution in [0.1, 0.15) is 49.3 Å². The number of rotatable bonds is 3. The fraction of sp³-hybridized carbons (Fsp3) is 0.417. The minimum absolute atomic E-state index is 0.103. The first kappa shape index (κ1) is 20.9. The van der Waals surface area contributed by atoms with Crippen molar-refractivity contribution in [1.29, 1.82) is 0 Å². The molecule has 6 rings (SSSR count). The van der Waals surface area contributed by atoms with Gasteiger partial charge < -0.3 is 9.80 Å². The third kappa shape index (κ3) is 3.49. The van der Waals surface area contributed by atoms with E-state index < -0.39 is 0 Å². The van der Waals surface area contributed by atoms with E-state index in [4.69, 9.17) is 23.2 Å². The van der Waals surface area contributed by atoms with Crippen molar-refractivity contribution in [2.24, 2.45) is 5.41 Å². The summed E-state index contributed by atoms with van der Waals surface area (Å²) in [6, 6.07) is 11.6. The van der Waals surface area contributed by atoms with Crippen LogP contribution in [0.2, 0.25) is 10.2 Å². The van der Waals surface area contributed by atoms with Crippen molar-refractivity contribution in [3.05, 3.63) is 63.8 Å². The summed E-state index contributed by atoms with van der Waals surface area (Å²) in [6.07, 6.45) is 2.60. The molecule has 2 fully saturated rings. The van der Waals surface area contributed by atoms with E-state index in [1.807, 2.05) is 42.2 Å². The van der Waals surface area contributed by atoms with Gasteiger partial charge in [0.2, 0.25) is 5.91 Å². The van der Waals surface area contributed by atoms with Gasteiger partial charge in [-0.2, -0.15) is 0 Å². The van der Waals surface area contributed by atoms with Crippen LogP contribution >= 0.6 is 23.2 Å². The maximum Gasteiger partial charge on any atom is 0.222 e. The Labute approximate surface area is 202 Å². The van der Waals surface area contributed by atoms with Gasteiger partial charge in [-0.1, -0.05) is 36.2 Å². The van der Waals surface area contributed by atoms with Gasteiger partial charge in [0.15, 0.2) is 5.82 Å². The lowest BCUT2D eigenvalue weighted by molar-refractivity contribution is -0.132. The van der Waals surface area contributed by atoms with Gasteiger partial charge >= 0.3 is 0 Å². The minimum Gasteiger partial charge on any atom is -0.355 e. The van der Waals surface area contributed by atoms with E-state index in [1.54, 1.807) is 6.07 Å². The zero-order valence-corrected chi connectivity index (χ0v) is 19.9. The maximum atomic E-state index is 12.6. The second-order valence-electron chi connectivity index (χ2n) is 9.47. The average Bonchev–Trinajstić information content (AvgIpc) is 3.06. The number of hydrogen-bond donors (Lipinski definition) is 0. The van der Waals surface area contributed by atoms with Gasteiger partial charge in [-0.3, -0.25) is 9.36 Å². The van der Waals surface area contributed by atoms with Crippen LogP contribution in [0.5, 0.6) is 0 Å². The Bertz CT molecular complexity index is 1240. The molecule has 1 aromatic carbocycles. The SMILES string of the molecule is CCC(=O)N1Cc2cc(Cl)ccc2-n2c(nnc2C2CC3(C2)CN(c2cccc(Cl)n2)C3)C1. The van der Waals surface area contributed by atoms with Crippen molar-refractivity contribution in [3.63, 3.8) is 0 Å². The number of anilines is 1. The Kier molecular flexibility index (Phi) is 4.89. The van der Waals surface area contributed by atoms with Crippen molar-refractivity contribution < 1.29 is 4.79 Å². The molecular formula is C24H24Cl2N6O. The second kappa shape index (κ2) is 7.71. The number of halogens is 2. The molecule has 1 aliphatic carbocycles. The molecule has 9 heteroatoms. The predicted octanol–water partition coefficient (Wildman–Crippen LogP) is 4.61. The minimum atomic E-state index is 0.103. The molecule has 1 saturated carbocycles. The number of nitrogens with zero attached hydrogens (tertiary/aromatic N) is 6.